The first-order valence-corrected chi connectivity index (χ1v) is 9.33. The zero-order valence-electron chi connectivity index (χ0n) is 14.7. The molecular formula is C17H29N5O2. The van der Waals surface area contributed by atoms with E-state index < -0.39 is 0 Å². The third-order valence-corrected chi connectivity index (χ3v) is 5.99. The van der Waals surface area contributed by atoms with Gasteiger partial charge in [0.05, 0.1) is 19.3 Å². The van der Waals surface area contributed by atoms with E-state index in [1.54, 1.807) is 0 Å². The van der Waals surface area contributed by atoms with Crippen LogP contribution in [0.4, 0.5) is 0 Å². The van der Waals surface area contributed by atoms with Gasteiger partial charge in [-0.1, -0.05) is 18.0 Å². The molecule has 0 radical (unpaired) electrons. The van der Waals surface area contributed by atoms with Crippen molar-refractivity contribution in [3.8, 4) is 0 Å². The zero-order chi connectivity index (χ0) is 16.4. The van der Waals surface area contributed by atoms with Gasteiger partial charge in [-0.15, -0.1) is 0 Å². The monoisotopic (exact) mass is 335 g/mol. The molecule has 1 N–H and O–H groups in total. The van der Waals surface area contributed by atoms with E-state index in [0.29, 0.717) is 0 Å². The Kier molecular flexibility index (Phi) is 4.85. The highest BCUT2D eigenvalue weighted by Gasteiger charge is 2.41. The maximum atomic E-state index is 5.67. The summed E-state index contributed by atoms with van der Waals surface area (Å²) in [6, 6.07) is 0.221. The zero-order valence-corrected chi connectivity index (χ0v) is 14.7. The Balaban J connectivity index is 1.49. The van der Waals surface area contributed by atoms with E-state index in [-0.39, 0.29) is 11.6 Å². The molecule has 3 aliphatic rings. The fourth-order valence-corrected chi connectivity index (χ4v) is 4.53. The first-order chi connectivity index (χ1) is 11.8. The van der Waals surface area contributed by atoms with Gasteiger partial charge in [0, 0.05) is 44.7 Å². The number of hydrogen-bond donors (Lipinski definition) is 1. The molecule has 0 amide bonds. The molecule has 3 fully saturated rings. The van der Waals surface area contributed by atoms with Gasteiger partial charge in [-0.25, -0.2) is 0 Å². The van der Waals surface area contributed by atoms with Crippen LogP contribution in [0.2, 0.25) is 0 Å². The van der Waals surface area contributed by atoms with E-state index in [1.807, 2.05) is 0 Å². The van der Waals surface area contributed by atoms with Crippen molar-refractivity contribution in [2.75, 3.05) is 53.0 Å². The van der Waals surface area contributed by atoms with Gasteiger partial charge in [-0.05, 0) is 19.9 Å². The Morgan fingerprint density at radius 3 is 2.75 bits per heavy atom. The van der Waals surface area contributed by atoms with Gasteiger partial charge in [-0.2, -0.15) is 4.98 Å². The average molecular weight is 335 g/mol. The molecule has 7 heteroatoms. The molecule has 4 rings (SSSR count). The van der Waals surface area contributed by atoms with E-state index in [4.69, 9.17) is 14.2 Å². The van der Waals surface area contributed by atoms with Crippen LogP contribution in [0.25, 0.3) is 0 Å². The molecule has 7 nitrogen and oxygen atoms in total. The quantitative estimate of drug-likeness (QED) is 0.874. The van der Waals surface area contributed by atoms with Crippen molar-refractivity contribution >= 4 is 0 Å². The van der Waals surface area contributed by atoms with Crippen LogP contribution in [0.1, 0.15) is 43.4 Å². The summed E-state index contributed by atoms with van der Waals surface area (Å²) in [5, 5.41) is 7.72. The highest BCUT2D eigenvalue weighted by molar-refractivity contribution is 5.04. The first-order valence-electron chi connectivity index (χ1n) is 9.33. The van der Waals surface area contributed by atoms with Crippen molar-refractivity contribution in [1.29, 1.82) is 0 Å². The van der Waals surface area contributed by atoms with E-state index in [1.165, 1.54) is 25.7 Å². The molecular weight excluding hydrogens is 306 g/mol. The summed E-state index contributed by atoms with van der Waals surface area (Å²) >= 11 is 0. The largest absolute Gasteiger partial charge is 0.379 e. The summed E-state index contributed by atoms with van der Waals surface area (Å²) in [4.78, 5) is 9.69. The average Bonchev–Trinajstić information content (AvgIpc) is 3.27. The normalized spacial score (nSPS) is 29.1. The summed E-state index contributed by atoms with van der Waals surface area (Å²) in [5.74, 6) is 1.63. The Labute approximate surface area is 143 Å². The summed E-state index contributed by atoms with van der Waals surface area (Å²) in [6.07, 6.45) is 5.94. The third-order valence-electron chi connectivity index (χ3n) is 5.99. The molecule has 2 aliphatic heterocycles. The Morgan fingerprint density at radius 1 is 1.21 bits per heavy atom. The maximum Gasteiger partial charge on any atom is 0.228 e. The van der Waals surface area contributed by atoms with E-state index >= 15 is 0 Å². The number of rotatable bonds is 4. The van der Waals surface area contributed by atoms with Crippen molar-refractivity contribution in [2.45, 2.75) is 43.7 Å². The summed E-state index contributed by atoms with van der Waals surface area (Å²) in [6.45, 7) is 6.67. The van der Waals surface area contributed by atoms with Crippen molar-refractivity contribution in [2.24, 2.45) is 0 Å². The lowest BCUT2D eigenvalue weighted by Gasteiger charge is -2.42. The molecule has 0 aromatic carbocycles. The summed E-state index contributed by atoms with van der Waals surface area (Å²) in [7, 11) is 2.13. The highest BCUT2D eigenvalue weighted by Crippen LogP contribution is 2.38. The molecule has 0 bridgehead atoms. The van der Waals surface area contributed by atoms with Gasteiger partial charge in [0.1, 0.15) is 0 Å². The second-order valence-corrected chi connectivity index (χ2v) is 7.45. The number of aromatic nitrogens is 2. The Hall–Kier alpha value is -1.02. The second kappa shape index (κ2) is 7.07. The van der Waals surface area contributed by atoms with Gasteiger partial charge in [0.2, 0.25) is 5.89 Å². The molecule has 1 aromatic heterocycles. The van der Waals surface area contributed by atoms with Crippen LogP contribution in [-0.4, -0.2) is 78.5 Å². The molecule has 1 atom stereocenters. The predicted molar refractivity (Wildman–Crippen MR) is 89.8 cm³/mol. The number of hydrogen-bond acceptors (Lipinski definition) is 7. The van der Waals surface area contributed by atoms with Crippen LogP contribution in [0.3, 0.4) is 0 Å². The minimum absolute atomic E-state index is 0.199. The van der Waals surface area contributed by atoms with Crippen LogP contribution in [0.15, 0.2) is 4.52 Å². The molecule has 1 aromatic rings. The summed E-state index contributed by atoms with van der Waals surface area (Å²) < 4.78 is 11.2. The second-order valence-electron chi connectivity index (χ2n) is 7.45. The Morgan fingerprint density at radius 2 is 2.00 bits per heavy atom. The summed E-state index contributed by atoms with van der Waals surface area (Å²) in [5.41, 5.74) is 0.199. The van der Waals surface area contributed by atoms with Crippen LogP contribution < -0.4 is 5.32 Å². The molecule has 3 heterocycles. The number of piperazine rings is 1. The number of nitrogens with one attached hydrogen (secondary N) is 1. The fourth-order valence-electron chi connectivity index (χ4n) is 4.53. The van der Waals surface area contributed by atoms with Crippen LogP contribution in [0.5, 0.6) is 0 Å². The lowest BCUT2D eigenvalue weighted by atomic mass is 9.90. The van der Waals surface area contributed by atoms with E-state index in [9.17, 15) is 0 Å². The van der Waals surface area contributed by atoms with Crippen LogP contribution in [0, 0.1) is 0 Å². The van der Waals surface area contributed by atoms with E-state index in [2.05, 4.69) is 27.3 Å². The van der Waals surface area contributed by atoms with Gasteiger partial charge in [0.15, 0.2) is 5.82 Å². The smallest absolute Gasteiger partial charge is 0.228 e. The number of likely N-dealkylation sites (N-methyl/N-ethyl adjacent to an activating group) is 1. The van der Waals surface area contributed by atoms with E-state index in [0.717, 1.165) is 64.1 Å². The molecule has 134 valence electrons. The lowest BCUT2D eigenvalue weighted by molar-refractivity contribution is -0.0232. The van der Waals surface area contributed by atoms with Gasteiger partial charge in [0.25, 0.3) is 0 Å². The molecule has 24 heavy (non-hydrogen) atoms. The van der Waals surface area contributed by atoms with Crippen molar-refractivity contribution < 1.29 is 9.26 Å². The van der Waals surface area contributed by atoms with Gasteiger partial charge < -0.3 is 14.6 Å². The number of nitrogens with zero attached hydrogens (tertiary/aromatic N) is 4. The highest BCUT2D eigenvalue weighted by atomic mass is 16.5. The van der Waals surface area contributed by atoms with Crippen LogP contribution >= 0.6 is 0 Å². The number of ether oxygens (including phenoxy) is 1. The maximum absolute atomic E-state index is 5.67. The predicted octanol–water partition coefficient (Wildman–Crippen LogP) is 0.833. The standard InChI is InChI=1S/C17H29N5O2/c1-21-7-6-18-13-14(21)16-19-15(24-20-16)12-17(4-2-3-5-17)22-8-10-23-11-9-22/h14,18H,2-13H2,1H3. The molecule has 1 unspecified atom stereocenters. The fraction of sp³-hybridized carbons (Fsp3) is 0.882. The minimum Gasteiger partial charge on any atom is -0.379 e. The van der Waals surface area contributed by atoms with Gasteiger partial charge in [-0.3, -0.25) is 9.80 Å². The Bertz CT molecular complexity index is 537. The first kappa shape index (κ1) is 16.4. The molecule has 0 spiro atoms. The van der Waals surface area contributed by atoms with Crippen molar-refractivity contribution in [3.63, 3.8) is 0 Å². The van der Waals surface area contributed by atoms with Crippen LogP contribution in [-0.2, 0) is 11.2 Å². The lowest BCUT2D eigenvalue weighted by Crippen LogP contribution is -2.53. The number of morpholine rings is 1. The van der Waals surface area contributed by atoms with Crippen molar-refractivity contribution in [3.05, 3.63) is 11.7 Å². The third kappa shape index (κ3) is 3.22. The SMILES string of the molecule is CN1CCNCC1c1noc(CC2(N3CCOCC3)CCCC2)n1. The topological polar surface area (TPSA) is 66.7 Å². The molecule has 1 aliphatic carbocycles. The van der Waals surface area contributed by atoms with Crippen molar-refractivity contribution in [1.82, 2.24) is 25.3 Å². The molecule has 2 saturated heterocycles. The minimum atomic E-state index is 0.199. The molecule has 1 saturated carbocycles. The van der Waals surface area contributed by atoms with Gasteiger partial charge >= 0.3 is 0 Å².